The third-order valence-corrected chi connectivity index (χ3v) is 4.01. The summed E-state index contributed by atoms with van der Waals surface area (Å²) < 4.78 is 37.2. The van der Waals surface area contributed by atoms with Crippen molar-refractivity contribution in [2.75, 3.05) is 5.32 Å². The van der Waals surface area contributed by atoms with Gasteiger partial charge in [0.1, 0.15) is 11.6 Å². The lowest BCUT2D eigenvalue weighted by atomic mass is 9.92. The molecule has 0 aromatic carbocycles. The van der Waals surface area contributed by atoms with E-state index in [0.717, 1.165) is 19.3 Å². The molecule has 0 amide bonds. The number of hydrogen-bond acceptors (Lipinski definition) is 3. The van der Waals surface area contributed by atoms with Crippen molar-refractivity contribution in [3.8, 4) is 0 Å². The molecule has 2 rings (SSSR count). The summed E-state index contributed by atoms with van der Waals surface area (Å²) in [5.74, 6) is 0. The average molecular weight is 324 g/mol. The van der Waals surface area contributed by atoms with Crippen LogP contribution in [-0.2, 0) is 6.54 Å². The molecule has 1 saturated carbocycles. The van der Waals surface area contributed by atoms with E-state index in [9.17, 15) is 18.0 Å². The summed E-state index contributed by atoms with van der Waals surface area (Å²) in [5.41, 5.74) is -0.429. The van der Waals surface area contributed by atoms with E-state index in [4.69, 9.17) is 11.6 Å². The Morgan fingerprint density at radius 3 is 2.71 bits per heavy atom. The van der Waals surface area contributed by atoms with Gasteiger partial charge in [0.2, 0.25) is 0 Å². The van der Waals surface area contributed by atoms with Crippen LogP contribution in [0.2, 0.25) is 5.02 Å². The monoisotopic (exact) mass is 323 g/mol. The zero-order chi connectivity index (χ0) is 15.8. The van der Waals surface area contributed by atoms with Gasteiger partial charge in [-0.3, -0.25) is 4.79 Å². The predicted octanol–water partition coefficient (Wildman–Crippen LogP) is 3.45. The van der Waals surface area contributed by atoms with Crippen molar-refractivity contribution in [2.45, 2.75) is 51.9 Å². The highest BCUT2D eigenvalue weighted by Crippen LogP contribution is 2.38. The van der Waals surface area contributed by atoms with Gasteiger partial charge in [0, 0.05) is 6.04 Å². The second-order valence-corrected chi connectivity index (χ2v) is 6.58. The first-order valence-corrected chi connectivity index (χ1v) is 7.04. The molecule has 0 radical (unpaired) electrons. The minimum Gasteiger partial charge on any atom is -0.380 e. The van der Waals surface area contributed by atoms with E-state index >= 15 is 0 Å². The summed E-state index contributed by atoms with van der Waals surface area (Å²) in [7, 11) is 0. The minimum absolute atomic E-state index is 0.150. The largest absolute Gasteiger partial charge is 0.408 e. The van der Waals surface area contributed by atoms with Gasteiger partial charge in [-0.2, -0.15) is 18.3 Å². The fourth-order valence-corrected chi connectivity index (χ4v) is 2.83. The molecule has 1 aromatic rings. The maximum Gasteiger partial charge on any atom is 0.408 e. The van der Waals surface area contributed by atoms with Gasteiger partial charge in [-0.25, -0.2) is 4.68 Å². The second-order valence-electron chi connectivity index (χ2n) is 6.20. The minimum atomic E-state index is -4.51. The van der Waals surface area contributed by atoms with Crippen molar-refractivity contribution in [3.63, 3.8) is 0 Å². The third kappa shape index (κ3) is 4.12. The van der Waals surface area contributed by atoms with Gasteiger partial charge >= 0.3 is 6.18 Å². The standard InChI is InChI=1S/C13H17ClF3N3O/c1-12(2)4-3-8(5-12)19-9-6-18-20(7-13(15,16)17)11(21)10(9)14/h6,8,19H,3-5,7H2,1-2H3. The Labute approximate surface area is 125 Å². The molecule has 1 heterocycles. The van der Waals surface area contributed by atoms with Crippen LogP contribution in [0.1, 0.15) is 33.1 Å². The van der Waals surface area contributed by atoms with E-state index in [1.807, 2.05) is 0 Å². The average Bonchev–Trinajstić information content (AvgIpc) is 2.67. The lowest BCUT2D eigenvalue weighted by molar-refractivity contribution is -0.143. The van der Waals surface area contributed by atoms with Crippen molar-refractivity contribution >= 4 is 17.3 Å². The summed E-state index contributed by atoms with van der Waals surface area (Å²) in [6.45, 7) is 2.86. The van der Waals surface area contributed by atoms with Gasteiger partial charge in [0.25, 0.3) is 5.56 Å². The number of rotatable bonds is 3. The highest BCUT2D eigenvalue weighted by molar-refractivity contribution is 6.32. The van der Waals surface area contributed by atoms with Crippen LogP contribution in [0.4, 0.5) is 18.9 Å². The normalized spacial score (nSPS) is 21.5. The molecular weight excluding hydrogens is 307 g/mol. The Kier molecular flexibility index (Phi) is 4.24. The van der Waals surface area contributed by atoms with E-state index in [0.29, 0.717) is 10.4 Å². The smallest absolute Gasteiger partial charge is 0.380 e. The number of halogens is 4. The van der Waals surface area contributed by atoms with Crippen LogP contribution in [0.3, 0.4) is 0 Å². The van der Waals surface area contributed by atoms with E-state index in [1.54, 1.807) is 0 Å². The third-order valence-electron chi connectivity index (χ3n) is 3.64. The first-order chi connectivity index (χ1) is 9.57. The van der Waals surface area contributed by atoms with E-state index in [2.05, 4.69) is 24.3 Å². The van der Waals surface area contributed by atoms with Crippen molar-refractivity contribution in [3.05, 3.63) is 21.6 Å². The highest BCUT2D eigenvalue weighted by atomic mass is 35.5. The van der Waals surface area contributed by atoms with Gasteiger partial charge in [0.15, 0.2) is 0 Å². The molecule has 21 heavy (non-hydrogen) atoms. The number of anilines is 1. The summed E-state index contributed by atoms with van der Waals surface area (Å²) in [4.78, 5) is 11.8. The zero-order valence-corrected chi connectivity index (χ0v) is 12.6. The number of alkyl halides is 3. The number of aromatic nitrogens is 2. The summed E-state index contributed by atoms with van der Waals surface area (Å²) in [6.07, 6.45) is -0.448. The molecule has 0 spiro atoms. The quantitative estimate of drug-likeness (QED) is 0.926. The zero-order valence-electron chi connectivity index (χ0n) is 11.8. The maximum absolute atomic E-state index is 12.3. The van der Waals surface area contributed by atoms with Crippen molar-refractivity contribution < 1.29 is 13.2 Å². The molecule has 1 aromatic heterocycles. The lowest BCUT2D eigenvalue weighted by Crippen LogP contribution is -2.31. The Morgan fingerprint density at radius 1 is 1.52 bits per heavy atom. The molecule has 8 heteroatoms. The molecule has 1 atom stereocenters. The van der Waals surface area contributed by atoms with E-state index in [-0.39, 0.29) is 16.5 Å². The van der Waals surface area contributed by atoms with Crippen LogP contribution in [-0.4, -0.2) is 22.0 Å². The molecule has 1 N–H and O–H groups in total. The second kappa shape index (κ2) is 5.51. The van der Waals surface area contributed by atoms with Gasteiger partial charge in [-0.05, 0) is 24.7 Å². The Hall–Kier alpha value is -1.24. The first kappa shape index (κ1) is 16.1. The molecule has 0 aliphatic heterocycles. The Bertz CT molecular complexity index is 583. The molecule has 1 unspecified atom stereocenters. The number of hydrogen-bond donors (Lipinski definition) is 1. The number of nitrogens with one attached hydrogen (secondary N) is 1. The molecule has 4 nitrogen and oxygen atoms in total. The van der Waals surface area contributed by atoms with Crippen LogP contribution in [0.5, 0.6) is 0 Å². The molecule has 1 fully saturated rings. The molecule has 0 saturated heterocycles. The summed E-state index contributed by atoms with van der Waals surface area (Å²) in [5, 5.41) is 6.40. The fourth-order valence-electron chi connectivity index (χ4n) is 2.63. The summed E-state index contributed by atoms with van der Waals surface area (Å²) in [6, 6.07) is 0.150. The van der Waals surface area contributed by atoms with Crippen LogP contribution in [0, 0.1) is 5.41 Å². The van der Waals surface area contributed by atoms with E-state index < -0.39 is 18.3 Å². The Balaban J connectivity index is 2.16. The first-order valence-electron chi connectivity index (χ1n) is 6.66. The molecular formula is C13H17ClF3N3O. The summed E-state index contributed by atoms with van der Waals surface area (Å²) >= 11 is 5.87. The van der Waals surface area contributed by atoms with Crippen LogP contribution in [0.15, 0.2) is 11.0 Å². The SMILES string of the molecule is CC1(C)CCC(Nc2cnn(CC(F)(F)F)c(=O)c2Cl)C1. The predicted molar refractivity (Wildman–Crippen MR) is 74.6 cm³/mol. The van der Waals surface area contributed by atoms with Gasteiger partial charge in [-0.1, -0.05) is 25.4 Å². The number of nitrogens with zero attached hydrogens (tertiary/aromatic N) is 2. The fraction of sp³-hybridized carbons (Fsp3) is 0.692. The topological polar surface area (TPSA) is 46.9 Å². The van der Waals surface area contributed by atoms with Gasteiger partial charge < -0.3 is 5.32 Å². The van der Waals surface area contributed by atoms with Crippen molar-refractivity contribution in [1.29, 1.82) is 0 Å². The van der Waals surface area contributed by atoms with Gasteiger partial charge in [0.05, 0.1) is 11.9 Å². The van der Waals surface area contributed by atoms with E-state index in [1.165, 1.54) is 6.20 Å². The Morgan fingerprint density at radius 2 is 2.19 bits per heavy atom. The maximum atomic E-state index is 12.3. The lowest BCUT2D eigenvalue weighted by Gasteiger charge is -2.19. The van der Waals surface area contributed by atoms with Crippen molar-refractivity contribution in [1.82, 2.24) is 9.78 Å². The van der Waals surface area contributed by atoms with Crippen molar-refractivity contribution in [2.24, 2.45) is 5.41 Å². The van der Waals surface area contributed by atoms with Crippen LogP contribution >= 0.6 is 11.6 Å². The van der Waals surface area contributed by atoms with Gasteiger partial charge in [-0.15, -0.1) is 0 Å². The van der Waals surface area contributed by atoms with Crippen LogP contribution in [0.25, 0.3) is 0 Å². The molecule has 0 bridgehead atoms. The van der Waals surface area contributed by atoms with Crippen LogP contribution < -0.4 is 10.9 Å². The molecule has 1 aliphatic rings. The molecule has 118 valence electrons. The highest BCUT2D eigenvalue weighted by Gasteiger charge is 2.32. The molecule has 1 aliphatic carbocycles.